The van der Waals surface area contributed by atoms with Crippen molar-refractivity contribution in [2.75, 3.05) is 0 Å². The third-order valence-corrected chi connectivity index (χ3v) is 5.33. The molecule has 2 nitrogen and oxygen atoms in total. The van der Waals surface area contributed by atoms with Gasteiger partial charge < -0.3 is 0 Å². The van der Waals surface area contributed by atoms with Crippen LogP contribution in [0.3, 0.4) is 0 Å². The Bertz CT molecular complexity index is 304. The second-order valence-corrected chi connectivity index (χ2v) is 7.16. The van der Waals surface area contributed by atoms with Crippen LogP contribution in [0.2, 0.25) is 0 Å². The molecular weight excluding hydrogens is 208 g/mol. The van der Waals surface area contributed by atoms with Gasteiger partial charge in [0.25, 0.3) is 0 Å². The molecule has 0 heterocycles. The van der Waals surface area contributed by atoms with E-state index in [4.69, 9.17) is 0 Å². The van der Waals surface area contributed by atoms with E-state index in [1.807, 2.05) is 0 Å². The molecule has 2 heteroatoms. The van der Waals surface area contributed by atoms with Crippen molar-refractivity contribution in [1.82, 2.24) is 5.32 Å². The molecule has 0 amide bonds. The molecule has 4 bridgehead atoms. The Labute approximate surface area is 105 Å². The van der Waals surface area contributed by atoms with Crippen LogP contribution < -0.4 is 5.32 Å². The topological polar surface area (TPSA) is 35.8 Å². The van der Waals surface area contributed by atoms with Gasteiger partial charge in [-0.1, -0.05) is 0 Å². The van der Waals surface area contributed by atoms with E-state index >= 15 is 0 Å². The highest BCUT2D eigenvalue weighted by molar-refractivity contribution is 5.12. The molecule has 0 spiro atoms. The predicted octanol–water partition coefficient (Wildman–Crippen LogP) is 3.09. The van der Waals surface area contributed by atoms with Crippen molar-refractivity contribution in [2.45, 2.75) is 64.5 Å². The van der Waals surface area contributed by atoms with Crippen molar-refractivity contribution >= 4 is 0 Å². The summed E-state index contributed by atoms with van der Waals surface area (Å²) in [6.07, 6.45) is 8.32. The Morgan fingerprint density at radius 3 is 1.88 bits per heavy atom. The third-order valence-electron chi connectivity index (χ3n) is 5.33. The Hall–Kier alpha value is -0.550. The van der Waals surface area contributed by atoms with Crippen LogP contribution in [0.1, 0.15) is 52.4 Å². The van der Waals surface area contributed by atoms with Crippen LogP contribution in [0.15, 0.2) is 0 Å². The van der Waals surface area contributed by atoms with Gasteiger partial charge in [-0.25, -0.2) is 0 Å². The summed E-state index contributed by atoms with van der Waals surface area (Å²) in [5, 5.41) is 13.0. The first-order valence-corrected chi connectivity index (χ1v) is 7.27. The lowest BCUT2D eigenvalue weighted by atomic mass is 9.48. The normalized spacial score (nSPS) is 44.9. The first-order valence-electron chi connectivity index (χ1n) is 7.27. The van der Waals surface area contributed by atoms with Crippen molar-refractivity contribution in [3.63, 3.8) is 0 Å². The fourth-order valence-corrected chi connectivity index (χ4v) is 5.22. The molecule has 0 aromatic rings. The van der Waals surface area contributed by atoms with Crippen molar-refractivity contribution in [2.24, 2.45) is 23.2 Å². The SMILES string of the molecule is CC(C)NC(C#N)C12CC3CC(CC(C3)C1)C2. The van der Waals surface area contributed by atoms with E-state index in [-0.39, 0.29) is 6.04 Å². The summed E-state index contributed by atoms with van der Waals surface area (Å²) in [5.41, 5.74) is 0.327. The van der Waals surface area contributed by atoms with Gasteiger partial charge in [-0.2, -0.15) is 5.26 Å². The minimum atomic E-state index is 0.0934. The number of rotatable bonds is 3. The molecule has 94 valence electrons. The molecule has 4 fully saturated rings. The number of nitriles is 1. The monoisotopic (exact) mass is 232 g/mol. The minimum absolute atomic E-state index is 0.0934. The Kier molecular flexibility index (Phi) is 2.70. The Morgan fingerprint density at radius 2 is 1.53 bits per heavy atom. The summed E-state index contributed by atoms with van der Waals surface area (Å²) >= 11 is 0. The van der Waals surface area contributed by atoms with Gasteiger partial charge in [0.15, 0.2) is 0 Å². The van der Waals surface area contributed by atoms with E-state index in [0.29, 0.717) is 11.5 Å². The predicted molar refractivity (Wildman–Crippen MR) is 68.3 cm³/mol. The molecule has 4 aliphatic rings. The molecule has 0 radical (unpaired) electrons. The zero-order chi connectivity index (χ0) is 12.0. The average molecular weight is 232 g/mol. The standard InChI is InChI=1S/C15H24N2/c1-10(2)17-14(9-16)15-6-11-3-12(7-15)5-13(4-11)8-15/h10-14,17H,3-8H2,1-2H3. The molecule has 0 aromatic carbocycles. The van der Waals surface area contributed by atoms with Gasteiger partial charge >= 0.3 is 0 Å². The second kappa shape index (κ2) is 3.99. The van der Waals surface area contributed by atoms with Crippen LogP contribution >= 0.6 is 0 Å². The van der Waals surface area contributed by atoms with Gasteiger partial charge in [0, 0.05) is 6.04 Å². The molecule has 1 atom stereocenters. The Morgan fingerprint density at radius 1 is 1.06 bits per heavy atom. The lowest BCUT2D eigenvalue weighted by Crippen LogP contribution is -2.56. The first-order chi connectivity index (χ1) is 8.11. The highest BCUT2D eigenvalue weighted by Gasteiger charge is 2.54. The highest BCUT2D eigenvalue weighted by atomic mass is 15.0. The van der Waals surface area contributed by atoms with Gasteiger partial charge in [-0.15, -0.1) is 0 Å². The summed E-state index contributed by atoms with van der Waals surface area (Å²) < 4.78 is 0. The maximum absolute atomic E-state index is 9.52. The van der Waals surface area contributed by atoms with Crippen LogP contribution in [0, 0.1) is 34.5 Å². The molecule has 4 rings (SSSR count). The summed E-state index contributed by atoms with van der Waals surface area (Å²) in [6, 6.07) is 3.10. The molecule has 1 unspecified atom stereocenters. The van der Waals surface area contributed by atoms with Crippen molar-refractivity contribution in [3.05, 3.63) is 0 Å². The summed E-state index contributed by atoms with van der Waals surface area (Å²) in [7, 11) is 0. The minimum Gasteiger partial charge on any atom is -0.299 e. The van der Waals surface area contributed by atoms with Crippen molar-refractivity contribution < 1.29 is 0 Å². The zero-order valence-electron chi connectivity index (χ0n) is 11.1. The molecule has 1 N–H and O–H groups in total. The van der Waals surface area contributed by atoms with Crippen molar-refractivity contribution in [1.29, 1.82) is 5.26 Å². The summed E-state index contributed by atoms with van der Waals surface area (Å²) in [4.78, 5) is 0. The maximum Gasteiger partial charge on any atom is 0.101 e. The van der Waals surface area contributed by atoms with E-state index in [1.165, 1.54) is 38.5 Å². The summed E-state index contributed by atoms with van der Waals surface area (Å²) in [6.45, 7) is 4.32. The quantitative estimate of drug-likeness (QED) is 0.811. The largest absolute Gasteiger partial charge is 0.299 e. The van der Waals surface area contributed by atoms with E-state index in [0.717, 1.165) is 17.8 Å². The maximum atomic E-state index is 9.52. The lowest BCUT2D eigenvalue weighted by Gasteiger charge is -2.58. The molecule has 17 heavy (non-hydrogen) atoms. The molecule has 4 saturated carbocycles. The van der Waals surface area contributed by atoms with Crippen LogP contribution in [0.5, 0.6) is 0 Å². The first kappa shape index (κ1) is 11.5. The average Bonchev–Trinajstić information content (AvgIpc) is 2.23. The van der Waals surface area contributed by atoms with E-state index in [2.05, 4.69) is 25.2 Å². The zero-order valence-corrected chi connectivity index (χ0v) is 11.1. The second-order valence-electron chi connectivity index (χ2n) is 7.16. The van der Waals surface area contributed by atoms with Crippen LogP contribution in [0.25, 0.3) is 0 Å². The number of hydrogen-bond acceptors (Lipinski definition) is 2. The van der Waals surface area contributed by atoms with E-state index in [1.54, 1.807) is 0 Å². The Balaban J connectivity index is 1.83. The van der Waals surface area contributed by atoms with Gasteiger partial charge in [0.05, 0.1) is 6.07 Å². The molecule has 4 aliphatic carbocycles. The smallest absolute Gasteiger partial charge is 0.101 e. The number of hydrogen-bond donors (Lipinski definition) is 1. The molecule has 0 saturated heterocycles. The van der Waals surface area contributed by atoms with Crippen LogP contribution in [0.4, 0.5) is 0 Å². The van der Waals surface area contributed by atoms with Gasteiger partial charge in [0.2, 0.25) is 0 Å². The number of nitrogens with zero attached hydrogens (tertiary/aromatic N) is 1. The number of nitrogens with one attached hydrogen (secondary N) is 1. The highest BCUT2D eigenvalue weighted by Crippen LogP contribution is 2.61. The van der Waals surface area contributed by atoms with E-state index in [9.17, 15) is 5.26 Å². The van der Waals surface area contributed by atoms with Crippen molar-refractivity contribution in [3.8, 4) is 6.07 Å². The molecular formula is C15H24N2. The lowest BCUT2D eigenvalue weighted by molar-refractivity contribution is -0.0647. The van der Waals surface area contributed by atoms with Gasteiger partial charge in [0.1, 0.15) is 6.04 Å². The van der Waals surface area contributed by atoms with Crippen LogP contribution in [-0.2, 0) is 0 Å². The van der Waals surface area contributed by atoms with Crippen LogP contribution in [-0.4, -0.2) is 12.1 Å². The molecule has 0 aromatic heterocycles. The fourth-order valence-electron chi connectivity index (χ4n) is 5.22. The van der Waals surface area contributed by atoms with Gasteiger partial charge in [-0.3, -0.25) is 5.32 Å². The fraction of sp³-hybridized carbons (Fsp3) is 0.933. The van der Waals surface area contributed by atoms with Gasteiger partial charge in [-0.05, 0) is 75.5 Å². The molecule has 0 aliphatic heterocycles. The summed E-state index contributed by atoms with van der Waals surface area (Å²) in [5.74, 6) is 2.81. The third kappa shape index (κ3) is 1.89. The van der Waals surface area contributed by atoms with E-state index < -0.39 is 0 Å².